The van der Waals surface area contributed by atoms with Crippen molar-refractivity contribution in [3.8, 4) is 0 Å². The molecule has 1 aromatic heterocycles. The molecule has 5 heteroatoms. The largest absolute Gasteiger partial charge is 0.382 e. The van der Waals surface area contributed by atoms with Gasteiger partial charge in [0, 0.05) is 6.54 Å². The molecule has 1 aliphatic carbocycles. The van der Waals surface area contributed by atoms with Crippen LogP contribution in [-0.4, -0.2) is 22.4 Å². The van der Waals surface area contributed by atoms with Crippen LogP contribution in [0.4, 0.5) is 5.82 Å². The van der Waals surface area contributed by atoms with Crippen molar-refractivity contribution in [1.29, 1.82) is 0 Å². The maximum absolute atomic E-state index is 11.8. The molecule has 1 aliphatic rings. The number of aromatic nitrogens is 2. The van der Waals surface area contributed by atoms with Gasteiger partial charge in [0.2, 0.25) is 0 Å². The molecule has 0 aromatic carbocycles. The molecule has 1 aromatic rings. The van der Waals surface area contributed by atoms with Gasteiger partial charge in [-0.15, -0.1) is 0 Å². The zero-order chi connectivity index (χ0) is 12.5. The second kappa shape index (κ2) is 4.31. The summed E-state index contributed by atoms with van der Waals surface area (Å²) < 4.78 is 0. The van der Waals surface area contributed by atoms with E-state index in [0.29, 0.717) is 17.9 Å². The van der Waals surface area contributed by atoms with Crippen LogP contribution in [0.1, 0.15) is 37.2 Å². The van der Waals surface area contributed by atoms with Crippen molar-refractivity contribution in [2.75, 3.05) is 12.3 Å². The first-order valence-corrected chi connectivity index (χ1v) is 5.89. The Hall–Kier alpha value is -1.65. The quantitative estimate of drug-likeness (QED) is 0.821. The smallest absolute Gasteiger partial charge is 0.271 e. The summed E-state index contributed by atoms with van der Waals surface area (Å²) >= 11 is 0. The standard InChI is InChI=1S/C12H18N4O/c1-8(2)12(3-4-12)7-15-11(17)9-5-14-6-10(13)16-9/h5-6,8H,3-4,7H2,1-2H3,(H2,13,16)(H,15,17). The summed E-state index contributed by atoms with van der Waals surface area (Å²) in [6, 6.07) is 0. The lowest BCUT2D eigenvalue weighted by molar-refractivity contribution is 0.0934. The number of rotatable bonds is 4. The summed E-state index contributed by atoms with van der Waals surface area (Å²) in [5, 5.41) is 2.91. The number of amides is 1. The Morgan fingerprint density at radius 2 is 2.24 bits per heavy atom. The summed E-state index contributed by atoms with van der Waals surface area (Å²) in [7, 11) is 0. The van der Waals surface area contributed by atoms with E-state index in [9.17, 15) is 4.79 Å². The topological polar surface area (TPSA) is 80.9 Å². The van der Waals surface area contributed by atoms with Crippen LogP contribution in [0, 0.1) is 11.3 Å². The first kappa shape index (κ1) is 11.8. The van der Waals surface area contributed by atoms with Crippen molar-refractivity contribution in [3.63, 3.8) is 0 Å². The molecule has 0 atom stereocenters. The van der Waals surface area contributed by atoms with Gasteiger partial charge in [-0.05, 0) is 24.2 Å². The highest BCUT2D eigenvalue weighted by molar-refractivity contribution is 5.92. The highest BCUT2D eigenvalue weighted by Crippen LogP contribution is 2.51. The van der Waals surface area contributed by atoms with Crippen LogP contribution in [-0.2, 0) is 0 Å². The fraction of sp³-hybridized carbons (Fsp3) is 0.583. The lowest BCUT2D eigenvalue weighted by atomic mass is 9.92. The molecule has 17 heavy (non-hydrogen) atoms. The third kappa shape index (κ3) is 2.54. The molecule has 0 aliphatic heterocycles. The van der Waals surface area contributed by atoms with E-state index in [4.69, 9.17) is 5.73 Å². The third-order valence-electron chi connectivity index (χ3n) is 3.60. The number of carbonyl (C=O) groups is 1. The number of nitrogens with one attached hydrogen (secondary N) is 1. The Bertz CT molecular complexity index is 426. The van der Waals surface area contributed by atoms with Gasteiger partial charge >= 0.3 is 0 Å². The summed E-state index contributed by atoms with van der Waals surface area (Å²) in [4.78, 5) is 19.6. The highest BCUT2D eigenvalue weighted by Gasteiger charge is 2.45. The van der Waals surface area contributed by atoms with E-state index >= 15 is 0 Å². The van der Waals surface area contributed by atoms with Crippen LogP contribution < -0.4 is 11.1 Å². The fourth-order valence-corrected chi connectivity index (χ4v) is 1.96. The van der Waals surface area contributed by atoms with Gasteiger partial charge in [-0.3, -0.25) is 9.78 Å². The van der Waals surface area contributed by atoms with Crippen LogP contribution in [0.25, 0.3) is 0 Å². The Morgan fingerprint density at radius 1 is 1.53 bits per heavy atom. The zero-order valence-corrected chi connectivity index (χ0v) is 10.2. The summed E-state index contributed by atoms with van der Waals surface area (Å²) in [5.74, 6) is 0.661. The van der Waals surface area contributed by atoms with E-state index < -0.39 is 0 Å². The van der Waals surface area contributed by atoms with Gasteiger partial charge in [-0.1, -0.05) is 13.8 Å². The molecule has 92 valence electrons. The normalized spacial score (nSPS) is 16.9. The lowest BCUT2D eigenvalue weighted by Gasteiger charge is -2.19. The van der Waals surface area contributed by atoms with Crippen molar-refractivity contribution >= 4 is 11.7 Å². The predicted octanol–water partition coefficient (Wildman–Crippen LogP) is 1.22. The first-order chi connectivity index (χ1) is 8.03. The molecular formula is C12H18N4O. The summed E-state index contributed by atoms with van der Waals surface area (Å²) in [6.07, 6.45) is 5.23. The van der Waals surface area contributed by atoms with Gasteiger partial charge in [0.1, 0.15) is 11.5 Å². The molecule has 0 saturated heterocycles. The predicted molar refractivity (Wildman–Crippen MR) is 65.3 cm³/mol. The fourth-order valence-electron chi connectivity index (χ4n) is 1.96. The molecule has 5 nitrogen and oxygen atoms in total. The van der Waals surface area contributed by atoms with Crippen LogP contribution in [0.3, 0.4) is 0 Å². The average Bonchev–Trinajstić information content (AvgIpc) is 3.07. The van der Waals surface area contributed by atoms with Crippen molar-refractivity contribution in [2.24, 2.45) is 11.3 Å². The molecule has 1 heterocycles. The minimum absolute atomic E-state index is 0.197. The highest BCUT2D eigenvalue weighted by atomic mass is 16.1. The second-order valence-electron chi connectivity index (χ2n) is 5.03. The Morgan fingerprint density at radius 3 is 2.76 bits per heavy atom. The molecule has 0 unspecified atom stereocenters. The molecule has 1 fully saturated rings. The van der Waals surface area contributed by atoms with Gasteiger partial charge in [0.15, 0.2) is 0 Å². The Kier molecular flexibility index (Phi) is 3.00. The number of nitrogens with two attached hydrogens (primary N) is 1. The maximum Gasteiger partial charge on any atom is 0.271 e. The SMILES string of the molecule is CC(C)C1(CNC(=O)c2cncc(N)n2)CC1. The van der Waals surface area contributed by atoms with Crippen LogP contribution >= 0.6 is 0 Å². The van der Waals surface area contributed by atoms with E-state index in [1.165, 1.54) is 25.2 Å². The second-order valence-corrected chi connectivity index (χ2v) is 5.03. The van der Waals surface area contributed by atoms with Gasteiger partial charge < -0.3 is 11.1 Å². The number of nitrogens with zero attached hydrogens (tertiary/aromatic N) is 2. The molecule has 3 N–H and O–H groups in total. The van der Waals surface area contributed by atoms with Crippen molar-refractivity contribution < 1.29 is 4.79 Å². The number of hydrogen-bond donors (Lipinski definition) is 2. The molecule has 0 bridgehead atoms. The summed E-state index contributed by atoms with van der Waals surface area (Å²) in [6.45, 7) is 5.10. The van der Waals surface area contributed by atoms with Crippen LogP contribution in [0.15, 0.2) is 12.4 Å². The number of nitrogen functional groups attached to an aromatic ring is 1. The molecule has 1 amide bonds. The lowest BCUT2D eigenvalue weighted by Crippen LogP contribution is -2.33. The van der Waals surface area contributed by atoms with Crippen molar-refractivity contribution in [2.45, 2.75) is 26.7 Å². The number of carbonyl (C=O) groups excluding carboxylic acids is 1. The van der Waals surface area contributed by atoms with E-state index in [1.807, 2.05) is 0 Å². The molecular weight excluding hydrogens is 216 g/mol. The third-order valence-corrected chi connectivity index (χ3v) is 3.60. The van der Waals surface area contributed by atoms with Gasteiger partial charge in [-0.2, -0.15) is 0 Å². The minimum Gasteiger partial charge on any atom is -0.382 e. The number of anilines is 1. The van der Waals surface area contributed by atoms with Crippen molar-refractivity contribution in [3.05, 3.63) is 18.1 Å². The maximum atomic E-state index is 11.8. The van der Waals surface area contributed by atoms with E-state index in [-0.39, 0.29) is 17.4 Å². The minimum atomic E-state index is -0.197. The monoisotopic (exact) mass is 234 g/mol. The number of hydrogen-bond acceptors (Lipinski definition) is 4. The molecule has 0 radical (unpaired) electrons. The van der Waals surface area contributed by atoms with Crippen LogP contribution in [0.2, 0.25) is 0 Å². The zero-order valence-electron chi connectivity index (χ0n) is 10.2. The summed E-state index contributed by atoms with van der Waals surface area (Å²) in [5.41, 5.74) is 6.06. The van der Waals surface area contributed by atoms with E-state index in [2.05, 4.69) is 29.1 Å². The molecule has 0 spiro atoms. The Balaban J connectivity index is 1.94. The van der Waals surface area contributed by atoms with Crippen molar-refractivity contribution in [1.82, 2.24) is 15.3 Å². The van der Waals surface area contributed by atoms with E-state index in [1.54, 1.807) is 0 Å². The Labute approximate surface area is 101 Å². The van der Waals surface area contributed by atoms with Gasteiger partial charge in [0.05, 0.1) is 12.4 Å². The first-order valence-electron chi connectivity index (χ1n) is 5.89. The van der Waals surface area contributed by atoms with Gasteiger partial charge in [-0.25, -0.2) is 4.98 Å². The molecule has 1 saturated carbocycles. The van der Waals surface area contributed by atoms with Gasteiger partial charge in [0.25, 0.3) is 5.91 Å². The van der Waals surface area contributed by atoms with E-state index in [0.717, 1.165) is 0 Å². The van der Waals surface area contributed by atoms with Crippen LogP contribution in [0.5, 0.6) is 0 Å². The molecule has 2 rings (SSSR count). The average molecular weight is 234 g/mol.